The first-order valence-electron chi connectivity index (χ1n) is 4.74. The van der Waals surface area contributed by atoms with Crippen molar-refractivity contribution in [3.05, 3.63) is 34.3 Å². The van der Waals surface area contributed by atoms with Crippen molar-refractivity contribution in [2.75, 3.05) is 0 Å². The van der Waals surface area contributed by atoms with E-state index in [0.717, 1.165) is 12.1 Å². The number of aliphatic carboxylic acids is 1. The highest BCUT2D eigenvalue weighted by Crippen LogP contribution is 2.36. The summed E-state index contributed by atoms with van der Waals surface area (Å²) in [4.78, 5) is 10.7. The highest BCUT2D eigenvalue weighted by molar-refractivity contribution is 6.31. The van der Waals surface area contributed by atoms with Crippen LogP contribution in [0.1, 0.15) is 11.1 Å². The van der Waals surface area contributed by atoms with Crippen LogP contribution in [-0.4, -0.2) is 11.1 Å². The zero-order valence-electron chi connectivity index (χ0n) is 8.83. The van der Waals surface area contributed by atoms with Gasteiger partial charge in [0.25, 0.3) is 0 Å². The second-order valence-electron chi connectivity index (χ2n) is 3.49. The number of carboxylic acid groups (broad SMARTS) is 1. The second-order valence-corrected chi connectivity index (χ2v) is 3.89. The number of hydrogen-bond donors (Lipinski definition) is 1. The lowest BCUT2D eigenvalue weighted by Crippen LogP contribution is -2.18. The summed E-state index contributed by atoms with van der Waals surface area (Å²) in [5.41, 5.74) is -1.39. The molecular weight excluding hydrogens is 271 g/mol. The second kappa shape index (κ2) is 5.27. The molecule has 0 saturated heterocycles. The summed E-state index contributed by atoms with van der Waals surface area (Å²) in [5.74, 6) is -3.04. The normalized spacial score (nSPS) is 12.8. The van der Waals surface area contributed by atoms with Gasteiger partial charge in [0.15, 0.2) is 0 Å². The van der Waals surface area contributed by atoms with E-state index in [1.165, 1.54) is 12.1 Å². The van der Waals surface area contributed by atoms with Crippen LogP contribution >= 0.6 is 11.6 Å². The number of benzene rings is 1. The van der Waals surface area contributed by atoms with Crippen molar-refractivity contribution < 1.29 is 23.1 Å². The molecule has 0 aliphatic rings. The zero-order valence-corrected chi connectivity index (χ0v) is 9.59. The van der Waals surface area contributed by atoms with Gasteiger partial charge in [-0.25, -0.2) is 0 Å². The number of carboxylic acids is 1. The maximum atomic E-state index is 12.7. The van der Waals surface area contributed by atoms with Crippen LogP contribution < -0.4 is 0 Å². The third-order valence-electron chi connectivity index (χ3n) is 2.29. The quantitative estimate of drug-likeness (QED) is 0.923. The third kappa shape index (κ3) is 3.14. The maximum Gasteiger partial charge on any atom is 0.416 e. The number of halogens is 4. The molecule has 1 N–H and O–H groups in total. The largest absolute Gasteiger partial charge is 0.480 e. The SMILES string of the molecule is N#CC(Cc1c(Cl)cccc1C(F)(F)F)C(=O)O. The molecule has 1 atom stereocenters. The first-order valence-corrected chi connectivity index (χ1v) is 5.12. The van der Waals surface area contributed by atoms with Gasteiger partial charge in [0.05, 0.1) is 11.6 Å². The minimum Gasteiger partial charge on any atom is -0.480 e. The van der Waals surface area contributed by atoms with Crippen LogP contribution in [0.5, 0.6) is 0 Å². The molecule has 0 saturated carbocycles. The summed E-state index contributed by atoms with van der Waals surface area (Å²) < 4.78 is 38.1. The van der Waals surface area contributed by atoms with Crippen LogP contribution in [0.3, 0.4) is 0 Å². The summed E-state index contributed by atoms with van der Waals surface area (Å²) in [6.45, 7) is 0. The van der Waals surface area contributed by atoms with Crippen molar-refractivity contribution in [3.8, 4) is 6.07 Å². The molecular formula is C11H7ClF3NO2. The van der Waals surface area contributed by atoms with Crippen molar-refractivity contribution in [1.82, 2.24) is 0 Å². The van der Waals surface area contributed by atoms with E-state index in [4.69, 9.17) is 22.0 Å². The Hall–Kier alpha value is -1.74. The lowest BCUT2D eigenvalue weighted by atomic mass is 9.96. The Bertz CT molecular complexity index is 508. The summed E-state index contributed by atoms with van der Waals surface area (Å²) in [6.07, 6.45) is -5.22. The topological polar surface area (TPSA) is 61.1 Å². The highest BCUT2D eigenvalue weighted by Gasteiger charge is 2.35. The van der Waals surface area contributed by atoms with E-state index in [2.05, 4.69) is 0 Å². The molecule has 1 aromatic carbocycles. The molecule has 0 aliphatic heterocycles. The van der Waals surface area contributed by atoms with Gasteiger partial charge in [-0.2, -0.15) is 18.4 Å². The van der Waals surface area contributed by atoms with Gasteiger partial charge in [-0.1, -0.05) is 17.7 Å². The number of nitriles is 1. The van der Waals surface area contributed by atoms with Gasteiger partial charge >= 0.3 is 12.1 Å². The zero-order chi connectivity index (χ0) is 13.9. The fraction of sp³-hybridized carbons (Fsp3) is 0.273. The predicted octanol–water partition coefficient (Wildman–Crippen LogP) is 3.13. The summed E-state index contributed by atoms with van der Waals surface area (Å²) >= 11 is 5.64. The smallest absolute Gasteiger partial charge is 0.416 e. The molecule has 0 fully saturated rings. The summed E-state index contributed by atoms with van der Waals surface area (Å²) in [7, 11) is 0. The van der Waals surface area contributed by atoms with Gasteiger partial charge in [0.2, 0.25) is 0 Å². The van der Waals surface area contributed by atoms with Crippen molar-refractivity contribution in [3.63, 3.8) is 0 Å². The summed E-state index contributed by atoms with van der Waals surface area (Å²) in [5, 5.41) is 17.1. The van der Waals surface area contributed by atoms with Crippen LogP contribution in [0.15, 0.2) is 18.2 Å². The first-order chi connectivity index (χ1) is 8.27. The number of nitrogens with zero attached hydrogens (tertiary/aromatic N) is 1. The third-order valence-corrected chi connectivity index (χ3v) is 2.64. The molecule has 96 valence electrons. The van der Waals surface area contributed by atoms with Crippen LogP contribution in [0, 0.1) is 17.2 Å². The standard InChI is InChI=1S/C11H7ClF3NO2/c12-9-3-1-2-8(11(13,14)15)7(9)4-6(5-16)10(17)18/h1-3,6H,4H2,(H,17,18). The van der Waals surface area contributed by atoms with Crippen LogP contribution in [0.2, 0.25) is 5.02 Å². The maximum absolute atomic E-state index is 12.7. The lowest BCUT2D eigenvalue weighted by Gasteiger charge is -2.14. The molecule has 0 aliphatic carbocycles. The Morgan fingerprint density at radius 1 is 1.50 bits per heavy atom. The molecule has 0 aromatic heterocycles. The fourth-order valence-corrected chi connectivity index (χ4v) is 1.68. The van der Waals surface area contributed by atoms with E-state index in [1.54, 1.807) is 0 Å². The molecule has 0 radical (unpaired) electrons. The molecule has 1 unspecified atom stereocenters. The van der Waals surface area contributed by atoms with Gasteiger partial charge < -0.3 is 5.11 Å². The Morgan fingerprint density at radius 2 is 2.11 bits per heavy atom. The van der Waals surface area contributed by atoms with Crippen LogP contribution in [0.4, 0.5) is 13.2 Å². The van der Waals surface area contributed by atoms with E-state index in [0.29, 0.717) is 0 Å². The van der Waals surface area contributed by atoms with Crippen LogP contribution in [0.25, 0.3) is 0 Å². The molecule has 1 aromatic rings. The molecule has 7 heteroatoms. The van der Waals surface area contributed by atoms with E-state index in [-0.39, 0.29) is 10.6 Å². The van der Waals surface area contributed by atoms with Crippen molar-refractivity contribution >= 4 is 17.6 Å². The lowest BCUT2D eigenvalue weighted by molar-refractivity contribution is -0.141. The number of alkyl halides is 3. The Labute approximate surface area is 105 Å². The minimum absolute atomic E-state index is 0.202. The fourth-order valence-electron chi connectivity index (χ4n) is 1.42. The molecule has 0 amide bonds. The van der Waals surface area contributed by atoms with E-state index >= 15 is 0 Å². The average Bonchev–Trinajstić information content (AvgIpc) is 2.25. The van der Waals surface area contributed by atoms with Gasteiger partial charge in [-0.3, -0.25) is 4.79 Å². The monoisotopic (exact) mass is 277 g/mol. The number of hydrogen-bond acceptors (Lipinski definition) is 2. The molecule has 3 nitrogen and oxygen atoms in total. The van der Waals surface area contributed by atoms with E-state index < -0.39 is 30.0 Å². The van der Waals surface area contributed by atoms with E-state index in [9.17, 15) is 18.0 Å². The molecule has 1 rings (SSSR count). The Kier molecular flexibility index (Phi) is 4.19. The first kappa shape index (κ1) is 14.3. The van der Waals surface area contributed by atoms with Crippen molar-refractivity contribution in [2.45, 2.75) is 12.6 Å². The van der Waals surface area contributed by atoms with E-state index in [1.807, 2.05) is 0 Å². The number of carbonyl (C=O) groups is 1. The van der Waals surface area contributed by atoms with Gasteiger partial charge in [-0.15, -0.1) is 0 Å². The Balaban J connectivity index is 3.24. The summed E-state index contributed by atoms with van der Waals surface area (Å²) in [6, 6.07) is 4.58. The molecule has 18 heavy (non-hydrogen) atoms. The molecule has 0 bridgehead atoms. The Morgan fingerprint density at radius 3 is 2.56 bits per heavy atom. The minimum atomic E-state index is -4.64. The van der Waals surface area contributed by atoms with Gasteiger partial charge in [0.1, 0.15) is 5.92 Å². The highest BCUT2D eigenvalue weighted by atomic mass is 35.5. The number of rotatable bonds is 3. The molecule has 0 heterocycles. The predicted molar refractivity (Wildman–Crippen MR) is 56.9 cm³/mol. The van der Waals surface area contributed by atoms with Gasteiger partial charge in [0, 0.05) is 11.4 Å². The van der Waals surface area contributed by atoms with Crippen LogP contribution in [-0.2, 0) is 17.4 Å². The van der Waals surface area contributed by atoms with Gasteiger partial charge in [-0.05, 0) is 17.7 Å². The van der Waals surface area contributed by atoms with Crippen molar-refractivity contribution in [1.29, 1.82) is 5.26 Å². The average molecular weight is 278 g/mol. The molecule has 0 spiro atoms. The van der Waals surface area contributed by atoms with Crippen molar-refractivity contribution in [2.24, 2.45) is 5.92 Å².